The van der Waals surface area contributed by atoms with Gasteiger partial charge in [-0.05, 0) is 31.5 Å². The standard InChI is InChI=1S/C20H23N5O/c1-14-12-26-20-5-4-16(18-7-21-13-22-8-18)6-17(20)10-25(14)11-19-9-23-24(3)15(19)2/h4-9,13-14H,10-12H2,1-3H3/t14-/m0/s1. The number of nitrogens with zero attached hydrogens (tertiary/aromatic N) is 5. The molecule has 0 N–H and O–H groups in total. The Morgan fingerprint density at radius 1 is 1.15 bits per heavy atom. The molecular weight excluding hydrogens is 326 g/mol. The van der Waals surface area contributed by atoms with E-state index in [-0.39, 0.29) is 0 Å². The first-order chi connectivity index (χ1) is 12.6. The summed E-state index contributed by atoms with van der Waals surface area (Å²) in [6, 6.07) is 6.65. The molecule has 6 nitrogen and oxygen atoms in total. The minimum Gasteiger partial charge on any atom is -0.492 e. The highest BCUT2D eigenvalue weighted by molar-refractivity contribution is 5.64. The molecule has 1 aromatic carbocycles. The molecule has 0 saturated heterocycles. The summed E-state index contributed by atoms with van der Waals surface area (Å²) < 4.78 is 7.99. The Bertz CT molecular complexity index is 906. The zero-order chi connectivity index (χ0) is 18.1. The first-order valence-corrected chi connectivity index (χ1v) is 8.84. The van der Waals surface area contributed by atoms with Crippen LogP contribution >= 0.6 is 0 Å². The summed E-state index contributed by atoms with van der Waals surface area (Å²) in [6.45, 7) is 6.71. The topological polar surface area (TPSA) is 56.1 Å². The predicted molar refractivity (Wildman–Crippen MR) is 99.6 cm³/mol. The largest absolute Gasteiger partial charge is 0.492 e. The van der Waals surface area contributed by atoms with Crippen LogP contribution in [0.2, 0.25) is 0 Å². The normalized spacial score (nSPS) is 17.4. The Morgan fingerprint density at radius 3 is 2.69 bits per heavy atom. The quantitative estimate of drug-likeness (QED) is 0.728. The summed E-state index contributed by atoms with van der Waals surface area (Å²) in [4.78, 5) is 10.7. The fraction of sp³-hybridized carbons (Fsp3) is 0.350. The molecule has 1 atom stereocenters. The van der Waals surface area contributed by atoms with E-state index in [1.807, 2.05) is 30.3 Å². The number of benzene rings is 1. The lowest BCUT2D eigenvalue weighted by Crippen LogP contribution is -2.34. The molecule has 0 spiro atoms. The number of hydrogen-bond acceptors (Lipinski definition) is 5. The van der Waals surface area contributed by atoms with E-state index in [0.29, 0.717) is 12.6 Å². The van der Waals surface area contributed by atoms with Crippen molar-refractivity contribution in [3.05, 3.63) is 59.9 Å². The van der Waals surface area contributed by atoms with Crippen LogP contribution in [0.3, 0.4) is 0 Å². The van der Waals surface area contributed by atoms with Crippen LogP contribution in [-0.4, -0.2) is 37.3 Å². The highest BCUT2D eigenvalue weighted by Crippen LogP contribution is 2.30. The third-order valence-electron chi connectivity index (χ3n) is 5.14. The monoisotopic (exact) mass is 349 g/mol. The predicted octanol–water partition coefficient (Wildman–Crippen LogP) is 2.97. The van der Waals surface area contributed by atoms with Crippen LogP contribution in [0.4, 0.5) is 0 Å². The van der Waals surface area contributed by atoms with Gasteiger partial charge in [-0.15, -0.1) is 0 Å². The molecule has 0 aliphatic carbocycles. The average Bonchev–Trinajstić information content (AvgIpc) is 2.89. The number of aryl methyl sites for hydroxylation is 1. The van der Waals surface area contributed by atoms with Gasteiger partial charge in [0.15, 0.2) is 0 Å². The second-order valence-electron chi connectivity index (χ2n) is 6.89. The highest BCUT2D eigenvalue weighted by atomic mass is 16.5. The third kappa shape index (κ3) is 3.20. The smallest absolute Gasteiger partial charge is 0.123 e. The van der Waals surface area contributed by atoms with Gasteiger partial charge in [0.05, 0.1) is 6.20 Å². The molecule has 4 rings (SSSR count). The maximum absolute atomic E-state index is 6.06. The van der Waals surface area contributed by atoms with Crippen LogP contribution in [0.25, 0.3) is 11.1 Å². The van der Waals surface area contributed by atoms with E-state index in [2.05, 4.69) is 52.0 Å². The van der Waals surface area contributed by atoms with Gasteiger partial charge in [-0.25, -0.2) is 9.97 Å². The zero-order valence-electron chi connectivity index (χ0n) is 15.4. The first-order valence-electron chi connectivity index (χ1n) is 8.84. The van der Waals surface area contributed by atoms with Crippen molar-refractivity contribution in [1.82, 2.24) is 24.6 Å². The SMILES string of the molecule is Cc1c(CN2Cc3cc(-c4cncnc4)ccc3OC[C@@H]2C)cnn1C. The fourth-order valence-electron chi connectivity index (χ4n) is 3.29. The highest BCUT2D eigenvalue weighted by Gasteiger charge is 2.23. The first kappa shape index (κ1) is 16.7. The Hall–Kier alpha value is -2.73. The minimum atomic E-state index is 0.325. The van der Waals surface area contributed by atoms with Crippen LogP contribution in [0, 0.1) is 6.92 Å². The van der Waals surface area contributed by atoms with E-state index < -0.39 is 0 Å². The molecule has 0 unspecified atom stereocenters. The summed E-state index contributed by atoms with van der Waals surface area (Å²) in [6.07, 6.45) is 7.19. The molecule has 0 bridgehead atoms. The van der Waals surface area contributed by atoms with Gasteiger partial charge in [0, 0.05) is 61.0 Å². The van der Waals surface area contributed by atoms with Crippen molar-refractivity contribution in [2.24, 2.45) is 7.05 Å². The van der Waals surface area contributed by atoms with Gasteiger partial charge < -0.3 is 4.74 Å². The van der Waals surface area contributed by atoms with E-state index in [4.69, 9.17) is 4.74 Å². The van der Waals surface area contributed by atoms with Crippen LogP contribution in [0.5, 0.6) is 5.75 Å². The van der Waals surface area contributed by atoms with Crippen molar-refractivity contribution >= 4 is 0 Å². The molecule has 3 heterocycles. The molecule has 1 aliphatic heterocycles. The Balaban J connectivity index is 1.63. The van der Waals surface area contributed by atoms with E-state index in [1.54, 1.807) is 6.33 Å². The molecule has 3 aromatic rings. The number of rotatable bonds is 3. The van der Waals surface area contributed by atoms with Crippen LogP contribution < -0.4 is 4.74 Å². The van der Waals surface area contributed by atoms with Gasteiger partial charge >= 0.3 is 0 Å². The van der Waals surface area contributed by atoms with Crippen molar-refractivity contribution in [2.45, 2.75) is 33.0 Å². The lowest BCUT2D eigenvalue weighted by Gasteiger charge is -2.25. The maximum atomic E-state index is 6.06. The summed E-state index contributed by atoms with van der Waals surface area (Å²) in [7, 11) is 1.98. The molecule has 0 amide bonds. The van der Waals surface area contributed by atoms with Crippen molar-refractivity contribution in [2.75, 3.05) is 6.61 Å². The van der Waals surface area contributed by atoms with Crippen LogP contribution in [-0.2, 0) is 20.1 Å². The summed E-state index contributed by atoms with van der Waals surface area (Å²) in [5.41, 5.74) is 5.78. The van der Waals surface area contributed by atoms with Gasteiger partial charge in [-0.3, -0.25) is 9.58 Å². The Morgan fingerprint density at radius 2 is 1.96 bits per heavy atom. The number of hydrogen-bond donors (Lipinski definition) is 0. The zero-order valence-corrected chi connectivity index (χ0v) is 15.4. The summed E-state index contributed by atoms with van der Waals surface area (Å²) >= 11 is 0. The molecule has 2 aromatic heterocycles. The van der Waals surface area contributed by atoms with Crippen molar-refractivity contribution in [1.29, 1.82) is 0 Å². The minimum absolute atomic E-state index is 0.325. The van der Waals surface area contributed by atoms with Gasteiger partial charge in [-0.1, -0.05) is 6.07 Å². The molecular formula is C20H23N5O. The second-order valence-corrected chi connectivity index (χ2v) is 6.89. The summed E-state index contributed by atoms with van der Waals surface area (Å²) in [5, 5.41) is 4.37. The van der Waals surface area contributed by atoms with Gasteiger partial charge in [0.1, 0.15) is 18.7 Å². The lowest BCUT2D eigenvalue weighted by atomic mass is 10.0. The van der Waals surface area contributed by atoms with E-state index in [0.717, 1.165) is 30.0 Å². The molecule has 0 fully saturated rings. The fourth-order valence-corrected chi connectivity index (χ4v) is 3.29. The lowest BCUT2D eigenvalue weighted by molar-refractivity contribution is 0.151. The second kappa shape index (κ2) is 6.88. The van der Waals surface area contributed by atoms with Crippen LogP contribution in [0.15, 0.2) is 43.1 Å². The van der Waals surface area contributed by atoms with Gasteiger partial charge in [0.25, 0.3) is 0 Å². The van der Waals surface area contributed by atoms with Crippen LogP contribution in [0.1, 0.15) is 23.7 Å². The van der Waals surface area contributed by atoms with Crippen molar-refractivity contribution < 1.29 is 4.74 Å². The number of ether oxygens (including phenoxy) is 1. The van der Waals surface area contributed by atoms with E-state index >= 15 is 0 Å². The Labute approximate surface area is 153 Å². The molecule has 6 heteroatoms. The average molecular weight is 349 g/mol. The third-order valence-corrected chi connectivity index (χ3v) is 5.14. The molecule has 0 radical (unpaired) electrons. The number of fused-ring (bicyclic) bond motifs is 1. The number of aromatic nitrogens is 4. The van der Waals surface area contributed by atoms with E-state index in [9.17, 15) is 0 Å². The molecule has 26 heavy (non-hydrogen) atoms. The molecule has 134 valence electrons. The van der Waals surface area contributed by atoms with Gasteiger partial charge in [0.2, 0.25) is 0 Å². The summed E-state index contributed by atoms with van der Waals surface area (Å²) in [5.74, 6) is 0.961. The van der Waals surface area contributed by atoms with E-state index in [1.165, 1.54) is 16.8 Å². The molecule has 0 saturated carbocycles. The van der Waals surface area contributed by atoms with Crippen molar-refractivity contribution in [3.63, 3.8) is 0 Å². The van der Waals surface area contributed by atoms with Gasteiger partial charge in [-0.2, -0.15) is 5.10 Å². The van der Waals surface area contributed by atoms with Crippen molar-refractivity contribution in [3.8, 4) is 16.9 Å². The maximum Gasteiger partial charge on any atom is 0.123 e. The Kier molecular flexibility index (Phi) is 4.42. The molecule has 1 aliphatic rings.